The lowest BCUT2D eigenvalue weighted by Crippen LogP contribution is -1.96. The van der Waals surface area contributed by atoms with Gasteiger partial charge in [-0.1, -0.05) is 97.1 Å². The van der Waals surface area contributed by atoms with Crippen LogP contribution in [0.4, 0.5) is 0 Å². The van der Waals surface area contributed by atoms with Crippen LogP contribution < -0.4 is 0 Å². The van der Waals surface area contributed by atoms with E-state index in [1.165, 1.54) is 46.7 Å². The molecule has 0 aliphatic carbocycles. The molecule has 45 heavy (non-hydrogen) atoms. The molecule has 0 radical (unpaired) electrons. The van der Waals surface area contributed by atoms with E-state index in [1.54, 1.807) is 11.3 Å². The zero-order chi connectivity index (χ0) is 29.5. The number of benzene rings is 6. The van der Waals surface area contributed by atoms with E-state index >= 15 is 0 Å². The Morgan fingerprint density at radius 3 is 1.89 bits per heavy atom. The second kappa shape index (κ2) is 9.57. The Bertz CT molecular complexity index is 2750. The lowest BCUT2D eigenvalue weighted by Gasteiger charge is -2.12. The van der Waals surface area contributed by atoms with Crippen LogP contribution in [0.25, 0.3) is 90.6 Å². The van der Waals surface area contributed by atoms with Crippen molar-refractivity contribution in [2.24, 2.45) is 0 Å². The Labute approximate surface area is 266 Å². The van der Waals surface area contributed by atoms with Crippen LogP contribution >= 0.6 is 22.7 Å². The number of fused-ring (bicyclic) bond motifs is 9. The topological polar surface area (TPSA) is 30.7 Å². The summed E-state index contributed by atoms with van der Waals surface area (Å²) in [7, 11) is 0. The van der Waals surface area contributed by atoms with Crippen LogP contribution in [0.1, 0.15) is 0 Å². The highest BCUT2D eigenvalue weighted by Crippen LogP contribution is 2.41. The van der Waals surface area contributed by atoms with Gasteiger partial charge in [0, 0.05) is 57.8 Å². The largest absolute Gasteiger partial charge is 0.309 e. The predicted octanol–water partition coefficient (Wildman–Crippen LogP) is 11.6. The highest BCUT2D eigenvalue weighted by atomic mass is 32.1. The molecule has 0 saturated heterocycles. The molecule has 5 heteroatoms. The van der Waals surface area contributed by atoms with E-state index in [2.05, 4.69) is 138 Å². The first-order valence-electron chi connectivity index (χ1n) is 15.0. The number of thiophene rings is 2. The van der Waals surface area contributed by atoms with Crippen molar-refractivity contribution in [2.45, 2.75) is 0 Å². The number of hydrogen-bond donors (Lipinski definition) is 0. The molecule has 0 fully saturated rings. The summed E-state index contributed by atoms with van der Waals surface area (Å²) in [6.45, 7) is 0. The van der Waals surface area contributed by atoms with Gasteiger partial charge < -0.3 is 4.57 Å². The highest BCUT2D eigenvalue weighted by molar-refractivity contribution is 7.26. The molecule has 4 heterocycles. The minimum absolute atomic E-state index is 0.901. The second-order valence-corrected chi connectivity index (χ2v) is 13.5. The molecule has 210 valence electrons. The van der Waals surface area contributed by atoms with Gasteiger partial charge in [-0.25, -0.2) is 9.97 Å². The Morgan fingerprint density at radius 2 is 1.07 bits per heavy atom. The second-order valence-electron chi connectivity index (χ2n) is 11.4. The molecule has 0 saturated carbocycles. The average Bonchev–Trinajstić information content (AvgIpc) is 3.76. The van der Waals surface area contributed by atoms with E-state index in [-0.39, 0.29) is 0 Å². The van der Waals surface area contributed by atoms with Crippen LogP contribution in [-0.4, -0.2) is 14.5 Å². The predicted molar refractivity (Wildman–Crippen MR) is 193 cm³/mol. The molecular formula is C40H23N3S2. The molecule has 0 unspecified atom stereocenters. The average molecular weight is 610 g/mol. The standard InChI is InChI=1S/C40H23N3S2/c1-2-10-24(11-3-1)38-37(41-39-29-14-6-9-17-35(29)45-40(39)42-38)25-18-20-26(21-19-25)43-32-15-7-4-12-27(32)30-22-31-28-13-5-8-16-34(28)44-36(31)23-33(30)43/h1-23H. The van der Waals surface area contributed by atoms with Gasteiger partial charge in [0.1, 0.15) is 10.3 Å². The summed E-state index contributed by atoms with van der Waals surface area (Å²) in [4.78, 5) is 11.5. The summed E-state index contributed by atoms with van der Waals surface area (Å²) in [5, 5.41) is 6.34. The molecule has 0 amide bonds. The van der Waals surface area contributed by atoms with Gasteiger partial charge >= 0.3 is 0 Å². The lowest BCUT2D eigenvalue weighted by molar-refractivity contribution is 1.18. The van der Waals surface area contributed by atoms with E-state index < -0.39 is 0 Å². The summed E-state index contributed by atoms with van der Waals surface area (Å²) in [5.41, 5.74) is 8.44. The first kappa shape index (κ1) is 25.0. The van der Waals surface area contributed by atoms with Crippen molar-refractivity contribution in [1.82, 2.24) is 14.5 Å². The smallest absolute Gasteiger partial charge is 0.143 e. The fourth-order valence-corrected chi connectivity index (χ4v) is 8.89. The minimum atomic E-state index is 0.901. The van der Waals surface area contributed by atoms with Gasteiger partial charge in [-0.05, 0) is 42.5 Å². The molecule has 4 aromatic heterocycles. The summed E-state index contributed by atoms with van der Waals surface area (Å²) in [6, 6.07) is 49.9. The van der Waals surface area contributed by atoms with E-state index in [1.807, 2.05) is 17.4 Å². The fourth-order valence-electron chi connectivity index (χ4n) is 6.75. The molecule has 10 aromatic rings. The number of hydrogen-bond acceptors (Lipinski definition) is 4. The van der Waals surface area contributed by atoms with Crippen LogP contribution in [0, 0.1) is 0 Å². The van der Waals surface area contributed by atoms with Crippen molar-refractivity contribution in [3.8, 4) is 28.2 Å². The molecular weight excluding hydrogens is 587 g/mol. The Balaban J connectivity index is 1.19. The van der Waals surface area contributed by atoms with Crippen LogP contribution in [0.5, 0.6) is 0 Å². The molecule has 0 atom stereocenters. The van der Waals surface area contributed by atoms with Crippen molar-refractivity contribution < 1.29 is 0 Å². The summed E-state index contributed by atoms with van der Waals surface area (Å²) < 4.78 is 6.24. The van der Waals surface area contributed by atoms with Crippen LogP contribution in [0.15, 0.2) is 140 Å². The third-order valence-electron chi connectivity index (χ3n) is 8.83. The first-order chi connectivity index (χ1) is 22.3. The van der Waals surface area contributed by atoms with Gasteiger partial charge in [-0.3, -0.25) is 0 Å². The number of rotatable bonds is 3. The Morgan fingerprint density at radius 1 is 0.422 bits per heavy atom. The molecule has 0 aliphatic heterocycles. The van der Waals surface area contributed by atoms with Crippen molar-refractivity contribution in [2.75, 3.05) is 0 Å². The van der Waals surface area contributed by atoms with Crippen LogP contribution in [0.2, 0.25) is 0 Å². The van der Waals surface area contributed by atoms with Crippen molar-refractivity contribution >= 4 is 85.1 Å². The van der Waals surface area contributed by atoms with Crippen molar-refractivity contribution in [3.63, 3.8) is 0 Å². The van der Waals surface area contributed by atoms with Gasteiger partial charge in [0.15, 0.2) is 0 Å². The van der Waals surface area contributed by atoms with Gasteiger partial charge in [-0.15, -0.1) is 22.7 Å². The Kier molecular flexibility index (Phi) is 5.32. The van der Waals surface area contributed by atoms with Gasteiger partial charge in [0.05, 0.1) is 22.4 Å². The quantitative estimate of drug-likeness (QED) is 0.199. The number of aromatic nitrogens is 3. The molecule has 0 spiro atoms. The zero-order valence-corrected chi connectivity index (χ0v) is 25.6. The van der Waals surface area contributed by atoms with Crippen LogP contribution in [-0.2, 0) is 0 Å². The van der Waals surface area contributed by atoms with E-state index in [0.717, 1.165) is 43.9 Å². The monoisotopic (exact) mass is 609 g/mol. The summed E-state index contributed by atoms with van der Waals surface area (Å²) in [6.07, 6.45) is 0. The maximum atomic E-state index is 5.30. The highest BCUT2D eigenvalue weighted by Gasteiger charge is 2.18. The zero-order valence-electron chi connectivity index (χ0n) is 23.9. The maximum Gasteiger partial charge on any atom is 0.143 e. The summed E-state index contributed by atoms with van der Waals surface area (Å²) in [5.74, 6) is 0. The summed E-state index contributed by atoms with van der Waals surface area (Å²) >= 11 is 3.57. The van der Waals surface area contributed by atoms with E-state index in [9.17, 15) is 0 Å². The SMILES string of the molecule is c1ccc(-c2nc3sc4ccccc4c3nc2-c2ccc(-n3c4ccccc4c4cc5c(cc43)sc3ccccc35)cc2)cc1. The molecule has 10 rings (SSSR count). The van der Waals surface area contributed by atoms with Gasteiger partial charge in [-0.2, -0.15) is 0 Å². The van der Waals surface area contributed by atoms with E-state index in [4.69, 9.17) is 9.97 Å². The fraction of sp³-hybridized carbons (Fsp3) is 0. The van der Waals surface area contributed by atoms with Gasteiger partial charge in [0.25, 0.3) is 0 Å². The van der Waals surface area contributed by atoms with Gasteiger partial charge in [0.2, 0.25) is 0 Å². The molecule has 3 nitrogen and oxygen atoms in total. The van der Waals surface area contributed by atoms with E-state index in [0.29, 0.717) is 0 Å². The number of para-hydroxylation sites is 1. The van der Waals surface area contributed by atoms with Crippen LogP contribution in [0.3, 0.4) is 0 Å². The molecule has 0 N–H and O–H groups in total. The minimum Gasteiger partial charge on any atom is -0.309 e. The lowest BCUT2D eigenvalue weighted by atomic mass is 10.0. The third-order valence-corrected chi connectivity index (χ3v) is 11.0. The molecule has 0 aliphatic rings. The van der Waals surface area contributed by atoms with Crippen molar-refractivity contribution in [3.05, 3.63) is 140 Å². The normalized spacial score (nSPS) is 12.0. The van der Waals surface area contributed by atoms with Crippen molar-refractivity contribution in [1.29, 1.82) is 0 Å². The maximum absolute atomic E-state index is 5.30. The molecule has 0 bridgehead atoms. The number of nitrogens with zero attached hydrogens (tertiary/aromatic N) is 3. The third kappa shape index (κ3) is 3.75. The first-order valence-corrected chi connectivity index (χ1v) is 16.6. The molecule has 6 aromatic carbocycles. The Hall–Kier alpha value is -5.36.